The Balaban J connectivity index is 1.55. The summed E-state index contributed by atoms with van der Waals surface area (Å²) in [5, 5.41) is 6.24. The molecule has 0 bridgehead atoms. The normalized spacial score (nSPS) is 12.8. The van der Waals surface area contributed by atoms with E-state index in [-0.39, 0.29) is 29.0 Å². The Bertz CT molecular complexity index is 994. The van der Waals surface area contributed by atoms with Crippen LogP contribution in [-0.2, 0) is 21.1 Å². The van der Waals surface area contributed by atoms with Crippen molar-refractivity contribution in [3.05, 3.63) is 65.5 Å². The van der Waals surface area contributed by atoms with Gasteiger partial charge in [-0.25, -0.2) is 8.42 Å². The van der Waals surface area contributed by atoms with Gasteiger partial charge in [0.05, 0.1) is 10.6 Å². The lowest BCUT2D eigenvalue weighted by molar-refractivity contribution is -0.121. The molecule has 0 saturated heterocycles. The molecular formula is C20H21NO3S2. The van der Waals surface area contributed by atoms with Crippen molar-refractivity contribution in [3.8, 4) is 0 Å². The lowest BCUT2D eigenvalue weighted by Gasteiger charge is -2.14. The number of fused-ring (bicyclic) bond motifs is 1. The number of thiophene rings is 1. The third-order valence-electron chi connectivity index (χ3n) is 4.19. The Labute approximate surface area is 157 Å². The number of hydrogen-bond donors (Lipinski definition) is 1. The molecule has 0 spiro atoms. The van der Waals surface area contributed by atoms with Crippen LogP contribution in [0.1, 0.15) is 18.9 Å². The van der Waals surface area contributed by atoms with Gasteiger partial charge in [0.2, 0.25) is 5.91 Å². The van der Waals surface area contributed by atoms with Crippen molar-refractivity contribution in [1.82, 2.24) is 5.32 Å². The summed E-state index contributed by atoms with van der Waals surface area (Å²) < 4.78 is 25.7. The first-order chi connectivity index (χ1) is 12.5. The van der Waals surface area contributed by atoms with Crippen molar-refractivity contribution in [2.45, 2.75) is 30.7 Å². The second-order valence-electron chi connectivity index (χ2n) is 6.31. The first-order valence-corrected chi connectivity index (χ1v) is 11.0. The number of carbonyl (C=O) groups is 1. The van der Waals surface area contributed by atoms with Crippen LogP contribution in [0.5, 0.6) is 0 Å². The smallest absolute Gasteiger partial charge is 0.221 e. The predicted octanol–water partition coefficient (Wildman–Crippen LogP) is 3.81. The SMILES string of the molecule is CC(Cc1csc2ccccc12)NC(=O)CCS(=O)(=O)c1ccccc1. The molecule has 0 saturated carbocycles. The van der Waals surface area contributed by atoms with Gasteiger partial charge in [0, 0.05) is 17.2 Å². The average molecular weight is 388 g/mol. The first-order valence-electron chi connectivity index (χ1n) is 8.48. The summed E-state index contributed by atoms with van der Waals surface area (Å²) in [6.45, 7) is 1.94. The second-order valence-corrected chi connectivity index (χ2v) is 9.33. The minimum absolute atomic E-state index is 0.0358. The number of hydrogen-bond acceptors (Lipinski definition) is 4. The van der Waals surface area contributed by atoms with E-state index in [1.165, 1.54) is 15.6 Å². The maximum absolute atomic E-state index is 12.2. The average Bonchev–Trinajstić information content (AvgIpc) is 3.04. The highest BCUT2D eigenvalue weighted by atomic mass is 32.2. The van der Waals surface area contributed by atoms with Gasteiger partial charge in [0.1, 0.15) is 0 Å². The minimum atomic E-state index is -3.43. The van der Waals surface area contributed by atoms with E-state index in [9.17, 15) is 13.2 Å². The molecule has 4 nitrogen and oxygen atoms in total. The quantitative estimate of drug-likeness (QED) is 0.670. The summed E-state index contributed by atoms with van der Waals surface area (Å²) in [5.41, 5.74) is 1.20. The van der Waals surface area contributed by atoms with Gasteiger partial charge in [-0.1, -0.05) is 36.4 Å². The van der Waals surface area contributed by atoms with Crippen molar-refractivity contribution >= 4 is 37.2 Å². The standard InChI is InChI=1S/C20H21NO3S2/c1-15(13-16-14-25-19-10-6-5-9-18(16)19)21-20(22)11-12-26(23,24)17-7-3-2-4-8-17/h2-10,14-15H,11-13H2,1H3,(H,21,22). The van der Waals surface area contributed by atoms with Crippen LogP contribution in [0.4, 0.5) is 0 Å². The van der Waals surface area contributed by atoms with Gasteiger partial charge in [-0.15, -0.1) is 11.3 Å². The topological polar surface area (TPSA) is 63.2 Å². The maximum Gasteiger partial charge on any atom is 0.221 e. The fourth-order valence-corrected chi connectivity index (χ4v) is 5.13. The van der Waals surface area contributed by atoms with E-state index < -0.39 is 9.84 Å². The highest BCUT2D eigenvalue weighted by molar-refractivity contribution is 7.91. The maximum atomic E-state index is 12.2. The molecule has 26 heavy (non-hydrogen) atoms. The lowest BCUT2D eigenvalue weighted by atomic mass is 10.1. The molecule has 0 aliphatic heterocycles. The Morgan fingerprint density at radius 3 is 2.54 bits per heavy atom. The van der Waals surface area contributed by atoms with Crippen LogP contribution in [0, 0.1) is 0 Å². The van der Waals surface area contributed by atoms with Gasteiger partial charge in [-0.2, -0.15) is 0 Å². The molecule has 3 rings (SSSR count). The van der Waals surface area contributed by atoms with Crippen molar-refractivity contribution in [2.75, 3.05) is 5.75 Å². The zero-order valence-electron chi connectivity index (χ0n) is 14.5. The number of nitrogens with one attached hydrogen (secondary N) is 1. The Morgan fingerprint density at radius 2 is 1.77 bits per heavy atom. The van der Waals surface area contributed by atoms with Gasteiger partial charge < -0.3 is 5.32 Å². The van der Waals surface area contributed by atoms with E-state index in [0.717, 1.165) is 6.42 Å². The first kappa shape index (κ1) is 18.6. The van der Waals surface area contributed by atoms with E-state index in [1.807, 2.05) is 19.1 Å². The van der Waals surface area contributed by atoms with Crippen molar-refractivity contribution in [2.24, 2.45) is 0 Å². The molecule has 1 atom stereocenters. The fraction of sp³-hybridized carbons (Fsp3) is 0.250. The van der Waals surface area contributed by atoms with E-state index in [2.05, 4.69) is 22.8 Å². The molecule has 136 valence electrons. The summed E-state index contributed by atoms with van der Waals surface area (Å²) in [7, 11) is -3.43. The zero-order valence-corrected chi connectivity index (χ0v) is 16.1. The molecule has 0 fully saturated rings. The molecule has 1 heterocycles. The van der Waals surface area contributed by atoms with E-state index >= 15 is 0 Å². The molecule has 0 aliphatic rings. The molecule has 0 radical (unpaired) electrons. The van der Waals surface area contributed by atoms with Crippen LogP contribution in [0.3, 0.4) is 0 Å². The molecule has 1 N–H and O–H groups in total. The number of benzene rings is 2. The highest BCUT2D eigenvalue weighted by Gasteiger charge is 2.17. The summed E-state index contributed by atoms with van der Waals surface area (Å²) in [6.07, 6.45) is 0.688. The number of amides is 1. The molecule has 1 amide bonds. The minimum Gasteiger partial charge on any atom is -0.353 e. The van der Waals surface area contributed by atoms with Gasteiger partial charge >= 0.3 is 0 Å². The third kappa shape index (κ3) is 4.51. The number of sulfone groups is 1. The van der Waals surface area contributed by atoms with Crippen LogP contribution in [-0.4, -0.2) is 26.1 Å². The van der Waals surface area contributed by atoms with Crippen molar-refractivity contribution in [3.63, 3.8) is 0 Å². The number of rotatable bonds is 7. The monoisotopic (exact) mass is 387 g/mol. The van der Waals surface area contributed by atoms with Crippen molar-refractivity contribution in [1.29, 1.82) is 0 Å². The zero-order chi connectivity index (χ0) is 18.6. The Hall–Kier alpha value is -2.18. The molecule has 2 aromatic carbocycles. The number of carbonyl (C=O) groups excluding carboxylic acids is 1. The van der Waals surface area contributed by atoms with Crippen LogP contribution in [0.25, 0.3) is 10.1 Å². The lowest BCUT2D eigenvalue weighted by Crippen LogP contribution is -2.35. The Kier molecular flexibility index (Phi) is 5.74. The molecule has 6 heteroatoms. The third-order valence-corrected chi connectivity index (χ3v) is 6.94. The van der Waals surface area contributed by atoms with Gasteiger partial charge in [-0.3, -0.25) is 4.79 Å². The van der Waals surface area contributed by atoms with Crippen LogP contribution >= 0.6 is 11.3 Å². The second kappa shape index (κ2) is 8.01. The summed E-state index contributed by atoms with van der Waals surface area (Å²) in [4.78, 5) is 12.4. The van der Waals surface area contributed by atoms with Crippen LogP contribution in [0.15, 0.2) is 64.9 Å². The van der Waals surface area contributed by atoms with E-state index in [0.29, 0.717) is 0 Å². The molecule has 3 aromatic rings. The molecular weight excluding hydrogens is 366 g/mol. The summed E-state index contributed by atoms with van der Waals surface area (Å²) in [5.74, 6) is -0.423. The van der Waals surface area contributed by atoms with Crippen molar-refractivity contribution < 1.29 is 13.2 Å². The van der Waals surface area contributed by atoms with Crippen LogP contribution in [0.2, 0.25) is 0 Å². The van der Waals surface area contributed by atoms with Gasteiger partial charge in [-0.05, 0) is 47.9 Å². The Morgan fingerprint density at radius 1 is 1.08 bits per heavy atom. The molecule has 1 unspecified atom stereocenters. The predicted molar refractivity (Wildman–Crippen MR) is 106 cm³/mol. The molecule has 0 aliphatic carbocycles. The molecule has 1 aromatic heterocycles. The largest absolute Gasteiger partial charge is 0.353 e. The van der Waals surface area contributed by atoms with E-state index in [1.54, 1.807) is 41.7 Å². The summed E-state index contributed by atoms with van der Waals surface area (Å²) >= 11 is 1.69. The van der Waals surface area contributed by atoms with Crippen LogP contribution < -0.4 is 5.32 Å². The van der Waals surface area contributed by atoms with E-state index in [4.69, 9.17) is 0 Å². The van der Waals surface area contributed by atoms with Gasteiger partial charge in [0.25, 0.3) is 0 Å². The fourth-order valence-electron chi connectivity index (χ4n) is 2.89. The highest BCUT2D eigenvalue weighted by Crippen LogP contribution is 2.26. The van der Waals surface area contributed by atoms with Gasteiger partial charge in [0.15, 0.2) is 9.84 Å². The summed E-state index contributed by atoms with van der Waals surface area (Å²) in [6, 6.07) is 16.4.